The second-order valence-corrected chi connectivity index (χ2v) is 8.63. The number of piperazine rings is 1. The van der Waals surface area contributed by atoms with Crippen molar-refractivity contribution in [2.24, 2.45) is 7.05 Å². The molecule has 1 saturated heterocycles. The number of ketones is 1. The first-order valence-corrected chi connectivity index (χ1v) is 11.4. The van der Waals surface area contributed by atoms with E-state index in [0.29, 0.717) is 6.54 Å². The number of nitro groups is 1. The lowest BCUT2D eigenvalue weighted by Crippen LogP contribution is -2.48. The number of aryl methyl sites for hydroxylation is 1. The fourth-order valence-corrected chi connectivity index (χ4v) is 4.84. The summed E-state index contributed by atoms with van der Waals surface area (Å²) >= 11 is 0. The van der Waals surface area contributed by atoms with E-state index in [4.69, 9.17) is 0 Å². The van der Waals surface area contributed by atoms with Gasteiger partial charge in [0.15, 0.2) is 5.78 Å². The van der Waals surface area contributed by atoms with Crippen molar-refractivity contribution in [3.05, 3.63) is 94.5 Å². The molecule has 0 unspecified atom stereocenters. The molecule has 7 nitrogen and oxygen atoms in total. The highest BCUT2D eigenvalue weighted by Crippen LogP contribution is 2.33. The molecule has 1 aromatic heterocycles. The minimum atomic E-state index is -0.385. The lowest BCUT2D eigenvalue weighted by atomic mass is 10.0. The molecular formula is C27H26N4O3. The van der Waals surface area contributed by atoms with E-state index >= 15 is 0 Å². The van der Waals surface area contributed by atoms with Crippen LogP contribution in [0, 0.1) is 10.1 Å². The summed E-state index contributed by atoms with van der Waals surface area (Å²) in [6, 6.07) is 24.8. The Labute approximate surface area is 198 Å². The molecule has 7 heteroatoms. The topological polar surface area (TPSA) is 71.6 Å². The van der Waals surface area contributed by atoms with Crippen LogP contribution in [0.1, 0.15) is 10.4 Å². The molecule has 0 N–H and O–H groups in total. The van der Waals surface area contributed by atoms with Crippen molar-refractivity contribution in [1.82, 2.24) is 9.47 Å². The molecule has 34 heavy (non-hydrogen) atoms. The Balaban J connectivity index is 1.35. The number of carbonyl (C=O) groups excluding carboxylic acids is 1. The number of hydrogen-bond acceptors (Lipinski definition) is 5. The normalized spacial score (nSPS) is 14.4. The maximum atomic E-state index is 13.7. The van der Waals surface area contributed by atoms with E-state index in [-0.39, 0.29) is 16.4 Å². The Morgan fingerprint density at radius 1 is 0.882 bits per heavy atom. The number of carbonyl (C=O) groups is 1. The van der Waals surface area contributed by atoms with Gasteiger partial charge in [-0.05, 0) is 23.8 Å². The molecule has 4 aromatic rings. The van der Waals surface area contributed by atoms with Gasteiger partial charge >= 0.3 is 0 Å². The van der Waals surface area contributed by atoms with Crippen LogP contribution in [0.15, 0.2) is 78.9 Å². The standard InChI is InChI=1S/C27H26N4O3/c1-28-24-10-6-5-9-23(24)26(27(28)20-7-3-2-4-8-20)25(32)19-29-15-17-30(18-16-29)21-11-13-22(14-12-21)31(33)34/h2-14H,15-19H2,1H3. The molecular weight excluding hydrogens is 428 g/mol. The van der Waals surface area contributed by atoms with Gasteiger partial charge in [-0.1, -0.05) is 48.5 Å². The number of rotatable bonds is 6. The number of benzene rings is 3. The summed E-state index contributed by atoms with van der Waals surface area (Å²) in [4.78, 5) is 28.6. The Morgan fingerprint density at radius 2 is 1.53 bits per heavy atom. The minimum Gasteiger partial charge on any atom is -0.369 e. The van der Waals surface area contributed by atoms with Gasteiger partial charge in [-0.2, -0.15) is 0 Å². The van der Waals surface area contributed by atoms with Crippen molar-refractivity contribution in [3.8, 4) is 11.3 Å². The SMILES string of the molecule is Cn1c(-c2ccccc2)c(C(=O)CN2CCN(c3ccc([N+](=O)[O-])cc3)CC2)c2ccccc21. The number of hydrogen-bond donors (Lipinski definition) is 0. The lowest BCUT2D eigenvalue weighted by molar-refractivity contribution is -0.384. The van der Waals surface area contributed by atoms with Crippen molar-refractivity contribution < 1.29 is 9.72 Å². The van der Waals surface area contributed by atoms with Crippen LogP contribution in [0.25, 0.3) is 22.2 Å². The largest absolute Gasteiger partial charge is 0.369 e. The quantitative estimate of drug-likeness (QED) is 0.239. The van der Waals surface area contributed by atoms with Crippen molar-refractivity contribution in [2.75, 3.05) is 37.6 Å². The molecule has 1 fully saturated rings. The van der Waals surface area contributed by atoms with Crippen LogP contribution in [-0.4, -0.2) is 52.9 Å². The van der Waals surface area contributed by atoms with E-state index in [1.807, 2.05) is 55.6 Å². The van der Waals surface area contributed by atoms with Crippen molar-refractivity contribution in [3.63, 3.8) is 0 Å². The second-order valence-electron chi connectivity index (χ2n) is 8.63. The third-order valence-electron chi connectivity index (χ3n) is 6.60. The summed E-state index contributed by atoms with van der Waals surface area (Å²) in [6.45, 7) is 3.42. The van der Waals surface area contributed by atoms with Gasteiger partial charge in [0.1, 0.15) is 0 Å². The Hall–Kier alpha value is -3.97. The highest BCUT2D eigenvalue weighted by molar-refractivity contribution is 6.14. The summed E-state index contributed by atoms with van der Waals surface area (Å²) in [5, 5.41) is 11.9. The van der Waals surface area contributed by atoms with Gasteiger partial charge in [0, 0.05) is 61.9 Å². The third kappa shape index (κ3) is 4.06. The average Bonchev–Trinajstić information content (AvgIpc) is 3.17. The summed E-state index contributed by atoms with van der Waals surface area (Å²) in [5.41, 5.74) is 4.88. The fraction of sp³-hybridized carbons (Fsp3) is 0.222. The van der Waals surface area contributed by atoms with Gasteiger partial charge in [0.05, 0.1) is 22.7 Å². The smallest absolute Gasteiger partial charge is 0.269 e. The third-order valence-corrected chi connectivity index (χ3v) is 6.60. The van der Waals surface area contributed by atoms with E-state index in [1.54, 1.807) is 12.1 Å². The molecule has 5 rings (SSSR count). The van der Waals surface area contributed by atoms with E-state index in [0.717, 1.165) is 59.6 Å². The summed E-state index contributed by atoms with van der Waals surface area (Å²) < 4.78 is 2.12. The van der Waals surface area contributed by atoms with Gasteiger partial charge in [-0.3, -0.25) is 19.8 Å². The molecule has 0 amide bonds. The number of Topliss-reactive ketones (excluding diaryl/α,β-unsaturated/α-hetero) is 1. The van der Waals surface area contributed by atoms with Crippen LogP contribution >= 0.6 is 0 Å². The molecule has 0 radical (unpaired) electrons. The zero-order chi connectivity index (χ0) is 23.7. The zero-order valence-electron chi connectivity index (χ0n) is 19.1. The number of nitrogens with zero attached hydrogens (tertiary/aromatic N) is 4. The first kappa shape index (κ1) is 21.9. The van der Waals surface area contributed by atoms with Crippen LogP contribution in [0.3, 0.4) is 0 Å². The zero-order valence-corrected chi connectivity index (χ0v) is 19.1. The fourth-order valence-electron chi connectivity index (χ4n) is 4.84. The van der Waals surface area contributed by atoms with Crippen LogP contribution < -0.4 is 4.90 Å². The number of non-ortho nitro benzene ring substituents is 1. The van der Waals surface area contributed by atoms with Gasteiger partial charge in [-0.25, -0.2) is 0 Å². The molecule has 1 aliphatic rings. The number of fused-ring (bicyclic) bond motifs is 1. The van der Waals surface area contributed by atoms with Gasteiger partial charge in [-0.15, -0.1) is 0 Å². The number of aromatic nitrogens is 1. The molecule has 0 bridgehead atoms. The monoisotopic (exact) mass is 454 g/mol. The van der Waals surface area contributed by atoms with Crippen molar-refractivity contribution in [1.29, 1.82) is 0 Å². The molecule has 2 heterocycles. The minimum absolute atomic E-state index is 0.0947. The van der Waals surface area contributed by atoms with Gasteiger partial charge in [0.25, 0.3) is 5.69 Å². The highest BCUT2D eigenvalue weighted by atomic mass is 16.6. The van der Waals surface area contributed by atoms with Gasteiger partial charge < -0.3 is 9.47 Å². The van der Waals surface area contributed by atoms with Crippen LogP contribution in [0.5, 0.6) is 0 Å². The van der Waals surface area contributed by atoms with E-state index in [1.165, 1.54) is 12.1 Å². The Kier molecular flexibility index (Phi) is 5.86. The van der Waals surface area contributed by atoms with E-state index < -0.39 is 0 Å². The molecule has 0 spiro atoms. The van der Waals surface area contributed by atoms with E-state index in [9.17, 15) is 14.9 Å². The summed E-state index contributed by atoms with van der Waals surface area (Å²) in [5.74, 6) is 0.124. The Morgan fingerprint density at radius 3 is 2.21 bits per heavy atom. The second kappa shape index (κ2) is 9.11. The molecule has 1 aliphatic heterocycles. The van der Waals surface area contributed by atoms with Crippen molar-refractivity contribution >= 4 is 28.1 Å². The molecule has 0 aliphatic carbocycles. The molecule has 0 atom stereocenters. The van der Waals surface area contributed by atoms with Crippen LogP contribution in [0.4, 0.5) is 11.4 Å². The maximum absolute atomic E-state index is 13.7. The lowest BCUT2D eigenvalue weighted by Gasteiger charge is -2.35. The number of anilines is 1. The molecule has 0 saturated carbocycles. The average molecular weight is 455 g/mol. The predicted octanol–water partition coefficient (Wildman–Crippen LogP) is 4.76. The van der Waals surface area contributed by atoms with Crippen molar-refractivity contribution in [2.45, 2.75) is 0 Å². The first-order valence-electron chi connectivity index (χ1n) is 11.4. The van der Waals surface area contributed by atoms with Crippen LogP contribution in [-0.2, 0) is 7.05 Å². The summed E-state index contributed by atoms with van der Waals surface area (Å²) in [7, 11) is 2.02. The first-order chi connectivity index (χ1) is 16.5. The Bertz CT molecular complexity index is 1340. The predicted molar refractivity (Wildman–Crippen MR) is 134 cm³/mol. The molecule has 3 aromatic carbocycles. The van der Waals surface area contributed by atoms with Gasteiger partial charge in [0.2, 0.25) is 0 Å². The number of para-hydroxylation sites is 1. The van der Waals surface area contributed by atoms with E-state index in [2.05, 4.69) is 20.4 Å². The highest BCUT2D eigenvalue weighted by Gasteiger charge is 2.25. The van der Waals surface area contributed by atoms with Crippen LogP contribution in [0.2, 0.25) is 0 Å². The summed E-state index contributed by atoms with van der Waals surface area (Å²) in [6.07, 6.45) is 0. The number of nitro benzene ring substituents is 1. The molecule has 172 valence electrons. The maximum Gasteiger partial charge on any atom is 0.269 e.